The molecular weight excluding hydrogens is 1260 g/mol. The van der Waals surface area contributed by atoms with Crippen LogP contribution in [0.5, 0.6) is 0 Å². The first-order valence-corrected chi connectivity index (χ1v) is 34.5. The fourth-order valence-electron chi connectivity index (χ4n) is 14.2. The molecule has 0 saturated carbocycles. The molecule has 8 aromatic rings. The number of amides is 4. The monoisotopic (exact) mass is 1350 g/mol. The van der Waals surface area contributed by atoms with Crippen LogP contribution < -0.4 is 29.4 Å². The van der Waals surface area contributed by atoms with Crippen LogP contribution in [-0.2, 0) is 40.8 Å². The first kappa shape index (κ1) is 70.6. The molecule has 0 saturated heterocycles. The number of nitrogens with zero attached hydrogens (tertiary/aromatic N) is 8. The highest BCUT2D eigenvalue weighted by Gasteiger charge is 2.47. The van der Waals surface area contributed by atoms with Gasteiger partial charge in [0.2, 0.25) is 36.3 Å². The molecule has 12 nitrogen and oxygen atoms in total. The van der Waals surface area contributed by atoms with Gasteiger partial charge < -0.3 is 29.4 Å². The van der Waals surface area contributed by atoms with E-state index in [1.54, 1.807) is 19.6 Å². The minimum absolute atomic E-state index is 0.00674. The molecule has 0 bridgehead atoms. The van der Waals surface area contributed by atoms with E-state index in [4.69, 9.17) is 11.6 Å². The number of rotatable bonds is 18. The van der Waals surface area contributed by atoms with Crippen molar-refractivity contribution >= 4 is 92.2 Å². The third kappa shape index (κ3) is 14.3. The molecule has 13 heteroatoms. The third-order valence-corrected chi connectivity index (χ3v) is 20.5. The van der Waals surface area contributed by atoms with Crippen LogP contribution in [0.15, 0.2) is 284 Å². The van der Waals surface area contributed by atoms with Crippen molar-refractivity contribution in [3.63, 3.8) is 0 Å². The summed E-state index contributed by atoms with van der Waals surface area (Å²) in [6.07, 6.45) is 18.9. The van der Waals surface area contributed by atoms with Gasteiger partial charge in [-0.05, 0) is 131 Å². The molecule has 4 aliphatic rings. The summed E-state index contributed by atoms with van der Waals surface area (Å²) < 4.78 is 4.30. The molecular formula is C87H91ClN8O4+2. The number of halogens is 1. The van der Waals surface area contributed by atoms with Crippen LogP contribution in [0.3, 0.4) is 0 Å². The second kappa shape index (κ2) is 29.4. The number of hydrogen-bond donors (Lipinski definition) is 0. The van der Waals surface area contributed by atoms with Crippen molar-refractivity contribution in [1.29, 1.82) is 0 Å². The quantitative estimate of drug-likeness (QED) is 0.0628. The second-order valence-corrected chi connectivity index (χ2v) is 28.5. The summed E-state index contributed by atoms with van der Waals surface area (Å²) in [6, 6.07) is 69.8. The maximum atomic E-state index is 13.7. The zero-order chi connectivity index (χ0) is 71.3. The number of fused-ring (bicyclic) bond motifs is 4. The molecule has 4 aliphatic heterocycles. The van der Waals surface area contributed by atoms with Gasteiger partial charge in [-0.3, -0.25) is 19.2 Å². The second-order valence-electron chi connectivity index (χ2n) is 28.1. The lowest BCUT2D eigenvalue weighted by molar-refractivity contribution is -0.425. The maximum Gasteiger partial charge on any atom is 0.292 e. The summed E-state index contributed by atoms with van der Waals surface area (Å²) in [5.74, 6) is 0.0199. The summed E-state index contributed by atoms with van der Waals surface area (Å²) in [5, 5.41) is 0.667. The van der Waals surface area contributed by atoms with Crippen LogP contribution in [0.25, 0.3) is 0 Å². The Kier molecular flexibility index (Phi) is 20.8. The van der Waals surface area contributed by atoms with Crippen molar-refractivity contribution in [2.45, 2.75) is 84.0 Å². The van der Waals surface area contributed by atoms with Crippen molar-refractivity contribution < 1.29 is 28.3 Å². The van der Waals surface area contributed by atoms with Crippen molar-refractivity contribution in [1.82, 2.24) is 0 Å². The molecule has 0 spiro atoms. The Hall–Kier alpha value is -10.7. The van der Waals surface area contributed by atoms with Gasteiger partial charge in [-0.15, -0.1) is 0 Å². The molecule has 4 amide bonds. The third-order valence-electron chi connectivity index (χ3n) is 20.2. The first-order valence-electron chi connectivity index (χ1n) is 34.1. The topological polar surface area (TPSA) is 93.7 Å². The largest absolute Gasteiger partial charge is 0.335 e. The van der Waals surface area contributed by atoms with Gasteiger partial charge in [0.1, 0.15) is 13.1 Å². The summed E-state index contributed by atoms with van der Waals surface area (Å²) in [6.45, 7) is 20.5. The highest BCUT2D eigenvalue weighted by Crippen LogP contribution is 2.50. The Morgan fingerprint density at radius 2 is 0.770 bits per heavy atom. The summed E-state index contributed by atoms with van der Waals surface area (Å²) >= 11 is 6.50. The number of benzene rings is 8. The number of para-hydroxylation sites is 7. The Morgan fingerprint density at radius 3 is 1.23 bits per heavy atom. The maximum absolute atomic E-state index is 13.7. The molecule has 0 fully saturated rings. The van der Waals surface area contributed by atoms with Gasteiger partial charge in [-0.1, -0.05) is 203 Å². The fraction of sp³-hybridized carbons (Fsp3) is 0.241. The lowest BCUT2D eigenvalue weighted by Crippen LogP contribution is -2.38. The normalized spacial score (nSPS) is 16.8. The molecule has 0 aliphatic carbocycles. The minimum atomic E-state index is -0.391. The Morgan fingerprint density at radius 1 is 0.400 bits per heavy atom. The van der Waals surface area contributed by atoms with Crippen LogP contribution >= 0.6 is 11.6 Å². The SMILES string of the molecule is CC(/C=C/C1=[N+](CC(=O)N(C)c2ccccc2)c2ccccc2C1(C)C)=C\C=C1\N(CC(=O)N(C)c2ccccc2)c2ccc(Cl)cc2C1(C)C.CN(C(=O)CN1/C(=C/C=C/C=C/C2=[N+](CC(=O)N(C)c3ccccc3)c3ccccc3C2(C)C)C(C)(C)c2ccccc21)c1ccccc1. The standard InChI is InChI=1S/C44H46ClN4O2.C43H45N4O2/c1-31(22-26-39-43(2,3)35-20-14-15-21-37(35)48(39)29-41(50)46(6)33-16-10-8-11-17-33)23-27-40-44(4,5)36-28-32(45)24-25-38(36)49(40)30-42(51)47(7)34-18-12-9-13-19-34;1-42(2)34-24-16-18-26-36(34)46(30-40(48)44(5)32-20-10-7-11-21-32)38(42)28-14-9-15-29-39-43(3,4)35-25-17-19-27-37(35)47(39)31-41(49)45(6)33-22-12-8-13-23-33/h8-28H,29-30H2,1-7H3;7-29H,30-31H2,1-6H3/q2*+1. The number of anilines is 6. The van der Waals surface area contributed by atoms with E-state index in [0.29, 0.717) is 5.02 Å². The first-order chi connectivity index (χ1) is 47.8. The van der Waals surface area contributed by atoms with E-state index in [1.807, 2.05) is 204 Å². The van der Waals surface area contributed by atoms with Gasteiger partial charge in [0.05, 0.1) is 10.8 Å². The number of likely N-dealkylation sites (N-methyl/N-ethyl adjacent to an activating group) is 4. The summed E-state index contributed by atoms with van der Waals surface area (Å²) in [4.78, 5) is 65.6. The van der Waals surface area contributed by atoms with E-state index in [2.05, 4.69) is 172 Å². The van der Waals surface area contributed by atoms with Gasteiger partial charge in [0.25, 0.3) is 11.8 Å². The van der Waals surface area contributed by atoms with Gasteiger partial charge in [0, 0.05) is 125 Å². The van der Waals surface area contributed by atoms with E-state index >= 15 is 0 Å². The molecule has 508 valence electrons. The van der Waals surface area contributed by atoms with Crippen molar-refractivity contribution in [3.05, 3.63) is 311 Å². The number of hydrogen-bond acceptors (Lipinski definition) is 6. The molecule has 4 heterocycles. The van der Waals surface area contributed by atoms with Crippen molar-refractivity contribution in [2.24, 2.45) is 0 Å². The van der Waals surface area contributed by atoms with Gasteiger partial charge in [0.15, 0.2) is 11.4 Å². The van der Waals surface area contributed by atoms with Crippen LogP contribution in [-0.4, -0.2) is 98.6 Å². The number of carbonyl (C=O) groups is 4. The zero-order valence-corrected chi connectivity index (χ0v) is 60.6. The van der Waals surface area contributed by atoms with Crippen LogP contribution in [0.1, 0.15) is 84.6 Å². The van der Waals surface area contributed by atoms with Crippen molar-refractivity contribution in [3.8, 4) is 0 Å². The van der Waals surface area contributed by atoms with E-state index in [-0.39, 0.29) is 66.1 Å². The van der Waals surface area contributed by atoms with Crippen LogP contribution in [0.2, 0.25) is 5.02 Å². The smallest absolute Gasteiger partial charge is 0.292 e. The molecule has 12 rings (SSSR count). The van der Waals surface area contributed by atoms with Gasteiger partial charge >= 0.3 is 0 Å². The van der Waals surface area contributed by atoms with Crippen molar-refractivity contribution in [2.75, 3.05) is 83.8 Å². The Labute approximate surface area is 596 Å². The summed E-state index contributed by atoms with van der Waals surface area (Å²) in [7, 11) is 7.30. The van der Waals surface area contributed by atoms with Crippen LogP contribution in [0.4, 0.5) is 45.5 Å². The average molecular weight is 1350 g/mol. The van der Waals surface area contributed by atoms with Gasteiger partial charge in [-0.2, -0.15) is 9.15 Å². The highest BCUT2D eigenvalue weighted by molar-refractivity contribution is 6.30. The van der Waals surface area contributed by atoms with Crippen LogP contribution in [0, 0.1) is 0 Å². The van der Waals surface area contributed by atoms with Gasteiger partial charge in [-0.25, -0.2) is 0 Å². The molecule has 100 heavy (non-hydrogen) atoms. The van der Waals surface area contributed by atoms with E-state index in [0.717, 1.165) is 79.5 Å². The number of allylic oxidation sites excluding steroid dienone is 12. The minimum Gasteiger partial charge on any atom is -0.335 e. The zero-order valence-electron chi connectivity index (χ0n) is 59.8. The lowest BCUT2D eigenvalue weighted by Gasteiger charge is -2.28. The lowest BCUT2D eigenvalue weighted by atomic mass is 9.81. The fourth-order valence-corrected chi connectivity index (χ4v) is 14.4. The number of carbonyl (C=O) groups excluding carboxylic acids is 4. The Balaban J connectivity index is 0.000000202. The molecule has 0 atom stereocenters. The van der Waals surface area contributed by atoms with E-state index < -0.39 is 5.41 Å². The predicted octanol–water partition coefficient (Wildman–Crippen LogP) is 17.4. The molecule has 0 N–H and O–H groups in total. The predicted molar refractivity (Wildman–Crippen MR) is 414 cm³/mol. The molecule has 8 aromatic carbocycles. The highest BCUT2D eigenvalue weighted by atomic mass is 35.5. The van der Waals surface area contributed by atoms with E-state index in [9.17, 15) is 19.2 Å². The Bertz CT molecular complexity index is 4670. The molecule has 0 radical (unpaired) electrons. The average Bonchev–Trinajstić information content (AvgIpc) is 1.62. The summed E-state index contributed by atoms with van der Waals surface area (Å²) in [5.41, 5.74) is 16.2. The molecule has 0 unspecified atom stereocenters. The molecule has 0 aromatic heterocycles. The van der Waals surface area contributed by atoms with E-state index in [1.165, 1.54) is 16.7 Å².